The molecular weight excluding hydrogens is 694 g/mol. The van der Waals surface area contributed by atoms with E-state index in [0.717, 1.165) is 0 Å². The van der Waals surface area contributed by atoms with Crippen molar-refractivity contribution in [1.82, 2.24) is 0 Å². The average Bonchev–Trinajstić information content (AvgIpc) is 3.08. The van der Waals surface area contributed by atoms with Gasteiger partial charge in [-0.2, -0.15) is 4.65 Å². The Labute approximate surface area is 315 Å². The highest BCUT2D eigenvalue weighted by Crippen LogP contribution is 2.42. The second-order valence-electron chi connectivity index (χ2n) is 17.1. The minimum absolute atomic E-state index is 0.0630. The number of nitrogens with zero attached hydrogens (tertiary/aromatic N) is 1. The van der Waals surface area contributed by atoms with Crippen LogP contribution >= 0.6 is 0 Å². The van der Waals surface area contributed by atoms with Crippen LogP contribution in [0.15, 0.2) is 0 Å². The van der Waals surface area contributed by atoms with Gasteiger partial charge in [0.2, 0.25) is 0 Å². The van der Waals surface area contributed by atoms with Gasteiger partial charge in [-0.05, 0) is 54.4 Å². The third kappa shape index (κ3) is 9.80. The summed E-state index contributed by atoms with van der Waals surface area (Å²) in [5, 5.41) is 56.5. The maximum Gasteiger partial charge on any atom is 0.311 e. The van der Waals surface area contributed by atoms with E-state index in [4.69, 9.17) is 33.2 Å². The fraction of sp³-hybridized carbons (Fsp3) is 0.947. The number of aliphatic hydroxyl groups excluding tert-OH is 3. The molecular formula is C38H70NO14+. The molecule has 310 valence electrons. The molecule has 0 saturated carbocycles. The summed E-state index contributed by atoms with van der Waals surface area (Å²) in [4.78, 5) is 28.2. The topological polar surface area (TPSA) is 200 Å². The van der Waals surface area contributed by atoms with Gasteiger partial charge in [-0.15, -0.1) is 0 Å². The number of ketones is 1. The van der Waals surface area contributed by atoms with Crippen LogP contribution in [0.4, 0.5) is 0 Å². The molecule has 0 aromatic carbocycles. The number of quaternary nitrogens is 1. The molecule has 3 rings (SSSR count). The summed E-state index contributed by atoms with van der Waals surface area (Å²) in [6.45, 7) is 16.7. The lowest BCUT2D eigenvalue weighted by Crippen LogP contribution is -2.63. The van der Waals surface area contributed by atoms with Gasteiger partial charge in [-0.1, -0.05) is 27.7 Å². The van der Waals surface area contributed by atoms with E-state index in [1.54, 1.807) is 62.6 Å². The molecule has 0 unspecified atom stereocenters. The predicted molar refractivity (Wildman–Crippen MR) is 191 cm³/mol. The summed E-state index contributed by atoms with van der Waals surface area (Å²) < 4.78 is 43.1. The first kappa shape index (κ1) is 46.0. The number of cyclic esters (lactones) is 1. The van der Waals surface area contributed by atoms with E-state index in [0.29, 0.717) is 6.42 Å². The second kappa shape index (κ2) is 17.4. The van der Waals surface area contributed by atoms with E-state index in [2.05, 4.69) is 0 Å². The first-order chi connectivity index (χ1) is 24.3. The first-order valence-corrected chi connectivity index (χ1v) is 19.1. The van der Waals surface area contributed by atoms with Crippen LogP contribution in [0, 0.1) is 23.7 Å². The highest BCUT2D eigenvalue weighted by atomic mass is 16.7. The Morgan fingerprint density at radius 3 is 1.96 bits per heavy atom. The number of carbonyl (C=O) groups is 2. The van der Waals surface area contributed by atoms with Crippen molar-refractivity contribution in [3.8, 4) is 0 Å². The van der Waals surface area contributed by atoms with E-state index in [-0.39, 0.29) is 25.0 Å². The van der Waals surface area contributed by atoms with Gasteiger partial charge < -0.3 is 53.6 Å². The molecule has 0 aromatic rings. The summed E-state index contributed by atoms with van der Waals surface area (Å²) in [5.74, 6) is -4.70. The Kier molecular flexibility index (Phi) is 15.1. The number of rotatable bonds is 8. The third-order valence-electron chi connectivity index (χ3n) is 12.4. The zero-order chi connectivity index (χ0) is 40.6. The van der Waals surface area contributed by atoms with Gasteiger partial charge in [0.1, 0.15) is 23.6 Å². The summed E-state index contributed by atoms with van der Waals surface area (Å²) in [7, 11) is 6.08. The lowest BCUT2D eigenvalue weighted by atomic mass is 9.74. The molecule has 5 N–H and O–H groups in total. The van der Waals surface area contributed by atoms with Crippen LogP contribution in [0.1, 0.15) is 94.9 Å². The molecule has 15 nitrogen and oxygen atoms in total. The number of Topliss-reactive ketones (excluding diaryl/α,β-unsaturated/α-hetero) is 1. The van der Waals surface area contributed by atoms with Crippen molar-refractivity contribution in [3.63, 3.8) is 0 Å². The average molecular weight is 765 g/mol. The Balaban J connectivity index is 2.23. The second-order valence-corrected chi connectivity index (χ2v) is 17.1. The lowest BCUT2D eigenvalue weighted by Gasteiger charge is -2.50. The molecule has 0 spiro atoms. The molecule has 15 heteroatoms. The Hall–Kier alpha value is -1.34. The number of methoxy groups -OCH3 is 2. The molecule has 3 heterocycles. The first-order valence-electron chi connectivity index (χ1n) is 19.1. The summed E-state index contributed by atoms with van der Waals surface area (Å²) in [5.41, 5.74) is -4.35. The van der Waals surface area contributed by atoms with Gasteiger partial charge in [0.05, 0.1) is 61.7 Å². The largest absolute Gasteiger partial charge is 0.459 e. The molecule has 0 radical (unpaired) electrons. The molecule has 3 saturated heterocycles. The smallest absolute Gasteiger partial charge is 0.311 e. The summed E-state index contributed by atoms with van der Waals surface area (Å²) >= 11 is 0. The Morgan fingerprint density at radius 1 is 0.849 bits per heavy atom. The fourth-order valence-electron chi connectivity index (χ4n) is 8.70. The number of hydroxylamine groups is 3. The SMILES string of the molecule is CC[C@H]1OC(=O)[C@H](C)[C@@H](O[C@H]2C[C@@](C)(OC)[C@@H](O)[C@H](C)O2)[C@H](C)[C@@H](O[C@@H]2O[C@H](C)C[C@H]([N+](C)(C)O)[C@H]2O)[C@@](C)(OC)C[C@H](C)C(=O)[C@H](C)[C@@H](O)[C@]1(C)O. The zero-order valence-electron chi connectivity index (χ0n) is 34.3. The van der Waals surface area contributed by atoms with E-state index >= 15 is 0 Å². The zero-order valence-corrected chi connectivity index (χ0v) is 34.3. The van der Waals surface area contributed by atoms with Gasteiger partial charge in [0, 0.05) is 44.8 Å². The number of esters is 1. The third-order valence-corrected chi connectivity index (χ3v) is 12.4. The van der Waals surface area contributed by atoms with Crippen LogP contribution in [-0.2, 0) is 42.7 Å². The van der Waals surface area contributed by atoms with E-state index in [1.165, 1.54) is 28.1 Å². The molecule has 53 heavy (non-hydrogen) atoms. The van der Waals surface area contributed by atoms with Crippen molar-refractivity contribution in [1.29, 1.82) is 0 Å². The van der Waals surface area contributed by atoms with Crippen molar-refractivity contribution in [3.05, 3.63) is 0 Å². The van der Waals surface area contributed by atoms with Crippen LogP contribution in [0.2, 0.25) is 0 Å². The molecule has 3 aliphatic heterocycles. The number of ether oxygens (including phenoxy) is 7. The highest BCUT2D eigenvalue weighted by molar-refractivity contribution is 5.83. The minimum Gasteiger partial charge on any atom is -0.459 e. The van der Waals surface area contributed by atoms with Gasteiger partial charge in [-0.3, -0.25) is 9.59 Å². The fourth-order valence-corrected chi connectivity index (χ4v) is 8.70. The molecule has 18 atom stereocenters. The Morgan fingerprint density at radius 2 is 1.43 bits per heavy atom. The van der Waals surface area contributed by atoms with E-state index in [9.17, 15) is 35.2 Å². The quantitative estimate of drug-likeness (QED) is 0.137. The number of likely N-dealkylation sites (N-methyl/N-ethyl adjacent to an activating group) is 1. The van der Waals surface area contributed by atoms with Crippen molar-refractivity contribution in [2.24, 2.45) is 23.7 Å². The van der Waals surface area contributed by atoms with Crippen molar-refractivity contribution < 1.29 is 73.0 Å². The van der Waals surface area contributed by atoms with E-state index in [1.807, 2.05) is 6.92 Å². The van der Waals surface area contributed by atoms with Gasteiger partial charge in [0.25, 0.3) is 0 Å². The molecule has 3 aliphatic rings. The number of hydrogen-bond acceptors (Lipinski definition) is 14. The van der Waals surface area contributed by atoms with Crippen LogP contribution in [0.3, 0.4) is 0 Å². The number of carbonyl (C=O) groups excluding carboxylic acids is 2. The van der Waals surface area contributed by atoms with Gasteiger partial charge >= 0.3 is 5.97 Å². The molecule has 0 amide bonds. The monoisotopic (exact) mass is 764 g/mol. The maximum absolute atomic E-state index is 14.2. The summed E-state index contributed by atoms with van der Waals surface area (Å²) in [6, 6.07) is -0.677. The van der Waals surface area contributed by atoms with Gasteiger partial charge in [0.15, 0.2) is 24.7 Å². The molecule has 3 fully saturated rings. The lowest BCUT2D eigenvalue weighted by molar-refractivity contribution is -1.09. The molecule has 0 bridgehead atoms. The van der Waals surface area contributed by atoms with Crippen LogP contribution in [-0.4, -0.2) is 155 Å². The number of aliphatic hydroxyl groups is 4. The maximum atomic E-state index is 14.2. The predicted octanol–water partition coefficient (Wildman–Crippen LogP) is 2.34. The van der Waals surface area contributed by atoms with Crippen LogP contribution in [0.5, 0.6) is 0 Å². The standard InChI is InChI=1S/C38H70NO14/c1-15-26-38(10,45)31(42)21(4)28(40)19(2)17-37(9,48-14)33(53-35-29(41)25(39(11,12)46)16-20(3)49-35)22(5)30(23(6)34(44)51-26)52-27-18-36(8,47-13)32(43)24(7)50-27/h19-27,29-33,35,41-43,45-46H,15-18H2,1-14H3/q+1/t19-,20+,21-,22-,23+,24-,25-,26+,27-,29+,30-,31+,32-,33+,35-,36+,37-,38+/m0/s1. The highest BCUT2D eigenvalue weighted by Gasteiger charge is 2.55. The van der Waals surface area contributed by atoms with Crippen molar-refractivity contribution in [2.75, 3.05) is 28.3 Å². The Bertz CT molecular complexity index is 1230. The van der Waals surface area contributed by atoms with Crippen molar-refractivity contribution >= 4 is 11.8 Å². The molecule has 0 aromatic heterocycles. The number of hydrogen-bond donors (Lipinski definition) is 5. The summed E-state index contributed by atoms with van der Waals surface area (Å²) in [6.07, 6.45) is -9.86. The van der Waals surface area contributed by atoms with E-state index < -0.39 is 119 Å². The van der Waals surface area contributed by atoms with Crippen LogP contribution < -0.4 is 0 Å². The minimum atomic E-state index is -1.99. The van der Waals surface area contributed by atoms with Crippen LogP contribution in [0.25, 0.3) is 0 Å². The van der Waals surface area contributed by atoms with Crippen molar-refractivity contribution in [2.45, 2.75) is 179 Å². The normalized spacial score (nSPS) is 48.5. The molecule has 0 aliphatic carbocycles. The van der Waals surface area contributed by atoms with Gasteiger partial charge in [-0.25, -0.2) is 5.21 Å².